The predicted octanol–water partition coefficient (Wildman–Crippen LogP) is 2.55. The van der Waals surface area contributed by atoms with E-state index in [4.69, 9.17) is 16.3 Å². The van der Waals surface area contributed by atoms with E-state index < -0.39 is 0 Å². The summed E-state index contributed by atoms with van der Waals surface area (Å²) < 4.78 is 6.63. The summed E-state index contributed by atoms with van der Waals surface area (Å²) in [4.78, 5) is 11.7. The molecule has 0 bridgehead atoms. The Hall–Kier alpha value is -1.24. The van der Waals surface area contributed by atoms with E-state index in [9.17, 15) is 4.79 Å². The van der Waals surface area contributed by atoms with Gasteiger partial charge < -0.3 is 4.74 Å². The Morgan fingerprint density at radius 2 is 2.15 bits per heavy atom. The molecule has 0 unspecified atom stereocenters. The van der Waals surface area contributed by atoms with E-state index in [0.29, 0.717) is 18.3 Å². The summed E-state index contributed by atoms with van der Waals surface area (Å²) in [5.74, 6) is 0.742. The average molecular weight is 314 g/mol. The highest BCUT2D eigenvalue weighted by Gasteiger charge is 2.08. The molecule has 0 aliphatic carbocycles. The molecule has 0 atom stereocenters. The van der Waals surface area contributed by atoms with Crippen molar-refractivity contribution in [1.29, 1.82) is 0 Å². The van der Waals surface area contributed by atoms with Crippen LogP contribution < -0.4 is 5.69 Å². The Bertz CT molecular complexity index is 594. The van der Waals surface area contributed by atoms with Gasteiger partial charge in [-0.2, -0.15) is 0 Å². The number of hydrogen-bond donors (Lipinski definition) is 1. The number of H-pyrrole nitrogens is 1. The van der Waals surface area contributed by atoms with E-state index in [0.717, 1.165) is 22.8 Å². The molecular weight excluding hydrogens is 298 g/mol. The molecule has 0 aliphatic rings. The van der Waals surface area contributed by atoms with Crippen molar-refractivity contribution in [3.05, 3.63) is 45.3 Å². The zero-order valence-electron chi connectivity index (χ0n) is 11.1. The van der Waals surface area contributed by atoms with Gasteiger partial charge in [0.25, 0.3) is 0 Å². The number of benzene rings is 1. The predicted molar refractivity (Wildman–Crippen MR) is 80.4 cm³/mol. The van der Waals surface area contributed by atoms with Crippen LogP contribution in [0.1, 0.15) is 12.0 Å². The highest BCUT2D eigenvalue weighted by molar-refractivity contribution is 7.98. The SMILES string of the molecule is COCCCn1c(SCc2ccc(Cl)cc2)n[nH]c1=O. The van der Waals surface area contributed by atoms with Crippen molar-refractivity contribution >= 4 is 23.4 Å². The molecule has 0 saturated heterocycles. The van der Waals surface area contributed by atoms with Crippen molar-refractivity contribution in [2.24, 2.45) is 0 Å². The largest absolute Gasteiger partial charge is 0.385 e. The molecule has 1 N–H and O–H groups in total. The molecule has 0 aliphatic heterocycles. The van der Waals surface area contributed by atoms with Crippen LogP contribution in [-0.2, 0) is 17.0 Å². The highest BCUT2D eigenvalue weighted by atomic mass is 35.5. The van der Waals surface area contributed by atoms with Crippen LogP contribution in [0.3, 0.4) is 0 Å². The molecule has 0 amide bonds. The van der Waals surface area contributed by atoms with E-state index in [-0.39, 0.29) is 5.69 Å². The van der Waals surface area contributed by atoms with E-state index in [1.807, 2.05) is 24.3 Å². The van der Waals surface area contributed by atoms with Gasteiger partial charge in [-0.3, -0.25) is 4.57 Å². The maximum Gasteiger partial charge on any atom is 0.343 e. The van der Waals surface area contributed by atoms with Crippen LogP contribution in [0.2, 0.25) is 5.02 Å². The number of hydrogen-bond acceptors (Lipinski definition) is 4. The topological polar surface area (TPSA) is 59.9 Å². The van der Waals surface area contributed by atoms with Crippen molar-refractivity contribution in [1.82, 2.24) is 14.8 Å². The second-order valence-corrected chi connectivity index (χ2v) is 5.60. The first-order valence-corrected chi connectivity index (χ1v) is 7.58. The van der Waals surface area contributed by atoms with Crippen LogP contribution in [0, 0.1) is 0 Å². The van der Waals surface area contributed by atoms with Crippen molar-refractivity contribution < 1.29 is 4.74 Å². The fourth-order valence-corrected chi connectivity index (χ4v) is 2.76. The molecule has 0 saturated carbocycles. The number of methoxy groups -OCH3 is 1. The maximum atomic E-state index is 11.7. The van der Waals surface area contributed by atoms with Gasteiger partial charge in [-0.1, -0.05) is 35.5 Å². The normalized spacial score (nSPS) is 10.9. The summed E-state index contributed by atoms with van der Waals surface area (Å²) in [5.41, 5.74) is 0.956. The molecular formula is C13H16ClN3O2S. The number of nitrogens with one attached hydrogen (secondary N) is 1. The van der Waals surface area contributed by atoms with Gasteiger partial charge in [0.05, 0.1) is 0 Å². The standard InChI is InChI=1S/C13H16ClN3O2S/c1-19-8-2-7-17-12(18)15-16-13(17)20-9-10-3-5-11(14)6-4-10/h3-6H,2,7-9H2,1H3,(H,15,18). The Labute approximate surface area is 126 Å². The van der Waals surface area contributed by atoms with Crippen LogP contribution in [-0.4, -0.2) is 28.5 Å². The lowest BCUT2D eigenvalue weighted by Crippen LogP contribution is -2.18. The van der Waals surface area contributed by atoms with E-state index >= 15 is 0 Å². The summed E-state index contributed by atoms with van der Waals surface area (Å²) >= 11 is 7.37. The first-order valence-electron chi connectivity index (χ1n) is 6.22. The van der Waals surface area contributed by atoms with E-state index in [1.165, 1.54) is 11.8 Å². The van der Waals surface area contributed by atoms with Crippen LogP contribution in [0.15, 0.2) is 34.2 Å². The number of aromatic nitrogens is 3. The zero-order valence-corrected chi connectivity index (χ0v) is 12.7. The Morgan fingerprint density at radius 1 is 1.40 bits per heavy atom. The zero-order chi connectivity index (χ0) is 14.4. The van der Waals surface area contributed by atoms with Gasteiger partial charge in [0.2, 0.25) is 0 Å². The monoisotopic (exact) mass is 313 g/mol. The fourth-order valence-electron chi connectivity index (χ4n) is 1.71. The van der Waals surface area contributed by atoms with Gasteiger partial charge in [0, 0.05) is 31.0 Å². The third-order valence-corrected chi connectivity index (χ3v) is 4.03. The summed E-state index contributed by atoms with van der Waals surface area (Å²) in [6, 6.07) is 7.64. The van der Waals surface area contributed by atoms with Gasteiger partial charge in [-0.15, -0.1) is 5.10 Å². The molecule has 20 heavy (non-hydrogen) atoms. The lowest BCUT2D eigenvalue weighted by molar-refractivity contribution is 0.189. The van der Waals surface area contributed by atoms with Crippen molar-refractivity contribution in [2.75, 3.05) is 13.7 Å². The van der Waals surface area contributed by atoms with Gasteiger partial charge in [0.15, 0.2) is 5.16 Å². The van der Waals surface area contributed by atoms with Crippen LogP contribution >= 0.6 is 23.4 Å². The quantitative estimate of drug-likeness (QED) is 0.630. The van der Waals surface area contributed by atoms with Crippen molar-refractivity contribution in [2.45, 2.75) is 23.9 Å². The minimum Gasteiger partial charge on any atom is -0.385 e. The van der Waals surface area contributed by atoms with Crippen LogP contribution in [0.5, 0.6) is 0 Å². The summed E-state index contributed by atoms with van der Waals surface area (Å²) in [5, 5.41) is 7.95. The number of aromatic amines is 1. The molecule has 2 rings (SSSR count). The van der Waals surface area contributed by atoms with E-state index in [1.54, 1.807) is 11.7 Å². The van der Waals surface area contributed by atoms with Gasteiger partial charge in [0.1, 0.15) is 0 Å². The third-order valence-electron chi connectivity index (χ3n) is 2.73. The first-order chi connectivity index (χ1) is 9.70. The average Bonchev–Trinajstić information content (AvgIpc) is 2.80. The van der Waals surface area contributed by atoms with Gasteiger partial charge in [-0.25, -0.2) is 9.89 Å². The molecule has 5 nitrogen and oxygen atoms in total. The van der Waals surface area contributed by atoms with Crippen LogP contribution in [0.25, 0.3) is 0 Å². The molecule has 1 aromatic carbocycles. The molecule has 2 aromatic rings. The molecule has 0 fully saturated rings. The molecule has 1 aromatic heterocycles. The smallest absolute Gasteiger partial charge is 0.343 e. The minimum atomic E-state index is -0.181. The lowest BCUT2D eigenvalue weighted by atomic mass is 10.2. The second-order valence-electron chi connectivity index (χ2n) is 4.22. The van der Waals surface area contributed by atoms with Crippen LogP contribution in [0.4, 0.5) is 0 Å². The number of thioether (sulfide) groups is 1. The van der Waals surface area contributed by atoms with Crippen molar-refractivity contribution in [3.63, 3.8) is 0 Å². The second kappa shape index (κ2) is 7.52. The minimum absolute atomic E-state index is 0.181. The van der Waals surface area contributed by atoms with Gasteiger partial charge in [-0.05, 0) is 24.1 Å². The molecule has 0 radical (unpaired) electrons. The Balaban J connectivity index is 1.98. The molecule has 7 heteroatoms. The number of ether oxygens (including phenoxy) is 1. The molecule has 0 spiro atoms. The first kappa shape index (κ1) is 15.2. The highest BCUT2D eigenvalue weighted by Crippen LogP contribution is 2.21. The Morgan fingerprint density at radius 3 is 2.85 bits per heavy atom. The summed E-state index contributed by atoms with van der Waals surface area (Å²) in [6.45, 7) is 1.23. The molecule has 108 valence electrons. The van der Waals surface area contributed by atoms with E-state index in [2.05, 4.69) is 10.2 Å². The third kappa shape index (κ3) is 4.13. The number of nitrogens with zero attached hydrogens (tertiary/aromatic N) is 2. The van der Waals surface area contributed by atoms with Crippen molar-refractivity contribution in [3.8, 4) is 0 Å². The van der Waals surface area contributed by atoms with Gasteiger partial charge >= 0.3 is 5.69 Å². The Kier molecular flexibility index (Phi) is 5.70. The molecule has 1 heterocycles. The lowest BCUT2D eigenvalue weighted by Gasteiger charge is -2.05. The summed E-state index contributed by atoms with van der Waals surface area (Å²) in [6.07, 6.45) is 0.782. The maximum absolute atomic E-state index is 11.7. The number of halogens is 1. The number of rotatable bonds is 7. The summed E-state index contributed by atoms with van der Waals surface area (Å²) in [7, 11) is 1.65. The fraction of sp³-hybridized carbons (Fsp3) is 0.385.